The number of aryl methyl sites for hydroxylation is 1. The van der Waals surface area contributed by atoms with Gasteiger partial charge >= 0.3 is 0 Å². The van der Waals surface area contributed by atoms with Crippen LogP contribution in [0.25, 0.3) is 0 Å². The largest absolute Gasteiger partial charge is 0.503 e. The second-order valence-electron chi connectivity index (χ2n) is 6.66. The van der Waals surface area contributed by atoms with Crippen molar-refractivity contribution in [1.29, 1.82) is 0 Å². The Labute approximate surface area is 151 Å². The highest BCUT2D eigenvalue weighted by molar-refractivity contribution is 7.10. The van der Waals surface area contributed by atoms with Gasteiger partial charge in [-0.1, -0.05) is 38.1 Å². The van der Waals surface area contributed by atoms with Crippen molar-refractivity contribution < 1.29 is 14.7 Å². The number of benzene rings is 1. The van der Waals surface area contributed by atoms with Crippen molar-refractivity contribution in [1.82, 2.24) is 0 Å². The highest BCUT2D eigenvalue weighted by Crippen LogP contribution is 2.43. The fourth-order valence-electron chi connectivity index (χ4n) is 3.17. The summed E-state index contributed by atoms with van der Waals surface area (Å²) in [5, 5.41) is 12.4. The number of hydrogen-bond acceptors (Lipinski definition) is 4. The predicted octanol–water partition coefficient (Wildman–Crippen LogP) is 4.57. The van der Waals surface area contributed by atoms with Gasteiger partial charge in [0.15, 0.2) is 11.5 Å². The molecule has 0 radical (unpaired) electrons. The number of carbonyl (C=O) groups is 2. The number of nitrogens with zero attached hydrogens (tertiary/aromatic N) is 1. The number of carbonyl (C=O) groups excluding carboxylic acids is 2. The average Bonchev–Trinajstić information content (AvgIpc) is 3.15. The van der Waals surface area contributed by atoms with Crippen molar-refractivity contribution in [3.05, 3.63) is 63.6 Å². The van der Waals surface area contributed by atoms with Crippen LogP contribution in [0.5, 0.6) is 0 Å². The Kier molecular flexibility index (Phi) is 4.77. The third kappa shape index (κ3) is 3.12. The standard InChI is InChI=1S/C20H21NO3S/c1-12(2)11-15(22)17-18(16-9-6-10-25-16)21(20(24)19(17)23)14-8-5-4-7-13(14)3/h4-10,12,18,23H,11H2,1-3H3. The monoisotopic (exact) mass is 355 g/mol. The molecule has 1 aromatic carbocycles. The smallest absolute Gasteiger partial charge is 0.294 e. The lowest BCUT2D eigenvalue weighted by Crippen LogP contribution is -2.31. The topological polar surface area (TPSA) is 57.6 Å². The van der Waals surface area contributed by atoms with Gasteiger partial charge in [-0.2, -0.15) is 0 Å². The van der Waals surface area contributed by atoms with Crippen LogP contribution < -0.4 is 4.90 Å². The quantitative estimate of drug-likeness (QED) is 0.854. The maximum absolute atomic E-state index is 12.8. The van der Waals surface area contributed by atoms with E-state index in [9.17, 15) is 14.7 Å². The van der Waals surface area contributed by atoms with E-state index in [-0.39, 0.29) is 17.3 Å². The average molecular weight is 355 g/mol. The molecule has 1 aliphatic heterocycles. The van der Waals surface area contributed by atoms with Gasteiger partial charge in [0.1, 0.15) is 6.04 Å². The maximum Gasteiger partial charge on any atom is 0.294 e. The van der Waals surface area contributed by atoms with Gasteiger partial charge < -0.3 is 5.11 Å². The number of para-hydroxylation sites is 1. The molecule has 2 heterocycles. The van der Waals surface area contributed by atoms with E-state index in [1.807, 2.05) is 62.5 Å². The first kappa shape index (κ1) is 17.4. The first-order valence-corrected chi connectivity index (χ1v) is 9.18. The molecule has 0 fully saturated rings. The summed E-state index contributed by atoms with van der Waals surface area (Å²) >= 11 is 1.48. The molecule has 5 heteroatoms. The lowest BCUT2D eigenvalue weighted by Gasteiger charge is -2.27. The molecule has 1 unspecified atom stereocenters. The minimum atomic E-state index is -0.570. The van der Waals surface area contributed by atoms with Crippen molar-refractivity contribution in [3.8, 4) is 0 Å². The van der Waals surface area contributed by atoms with E-state index in [2.05, 4.69) is 0 Å². The van der Waals surface area contributed by atoms with Gasteiger partial charge in [0.2, 0.25) is 0 Å². The second kappa shape index (κ2) is 6.84. The Morgan fingerprint density at radius 3 is 2.56 bits per heavy atom. The van der Waals surface area contributed by atoms with Crippen molar-refractivity contribution >= 4 is 28.7 Å². The molecule has 1 atom stereocenters. The summed E-state index contributed by atoms with van der Waals surface area (Å²) in [4.78, 5) is 28.0. The molecule has 0 saturated carbocycles. The predicted molar refractivity (Wildman–Crippen MR) is 99.8 cm³/mol. The molecule has 1 amide bonds. The Balaban J connectivity index is 2.13. The molecule has 25 heavy (non-hydrogen) atoms. The van der Waals surface area contributed by atoms with Crippen LogP contribution in [-0.2, 0) is 9.59 Å². The summed E-state index contributed by atoms with van der Waals surface area (Å²) in [5.74, 6) is -0.957. The van der Waals surface area contributed by atoms with Crippen LogP contribution >= 0.6 is 11.3 Å². The molecule has 130 valence electrons. The molecule has 2 aromatic rings. The Hall–Kier alpha value is -2.40. The molecule has 1 aliphatic rings. The van der Waals surface area contributed by atoms with Crippen molar-refractivity contribution in [2.75, 3.05) is 4.90 Å². The molecular weight excluding hydrogens is 334 g/mol. The minimum absolute atomic E-state index is 0.152. The number of thiophene rings is 1. The highest BCUT2D eigenvalue weighted by Gasteiger charge is 2.45. The van der Waals surface area contributed by atoms with Crippen LogP contribution in [0, 0.1) is 12.8 Å². The summed E-state index contributed by atoms with van der Waals surface area (Å²) in [7, 11) is 0. The normalized spacial score (nSPS) is 17.7. The zero-order valence-electron chi connectivity index (χ0n) is 14.5. The molecule has 0 saturated heterocycles. The van der Waals surface area contributed by atoms with E-state index < -0.39 is 17.7 Å². The SMILES string of the molecule is Cc1ccccc1N1C(=O)C(O)=C(C(=O)CC(C)C)C1c1cccs1. The number of hydrogen-bond donors (Lipinski definition) is 1. The van der Waals surface area contributed by atoms with E-state index in [4.69, 9.17) is 0 Å². The first-order valence-electron chi connectivity index (χ1n) is 8.30. The number of amides is 1. The number of rotatable bonds is 5. The van der Waals surface area contributed by atoms with Gasteiger partial charge in [-0.15, -0.1) is 11.3 Å². The van der Waals surface area contributed by atoms with Crippen LogP contribution in [0.1, 0.15) is 36.8 Å². The van der Waals surface area contributed by atoms with E-state index in [0.717, 1.165) is 10.4 Å². The zero-order valence-corrected chi connectivity index (χ0v) is 15.3. The molecule has 4 nitrogen and oxygen atoms in total. The van der Waals surface area contributed by atoms with E-state index in [1.165, 1.54) is 11.3 Å². The molecule has 1 aromatic heterocycles. The summed E-state index contributed by atoms with van der Waals surface area (Å²) in [6, 6.07) is 10.7. The van der Waals surface area contributed by atoms with Crippen LogP contribution in [0.4, 0.5) is 5.69 Å². The van der Waals surface area contributed by atoms with Crippen molar-refractivity contribution in [3.63, 3.8) is 0 Å². The molecule has 0 aliphatic carbocycles. The van der Waals surface area contributed by atoms with Gasteiger partial charge in [0, 0.05) is 17.0 Å². The van der Waals surface area contributed by atoms with Crippen molar-refractivity contribution in [2.24, 2.45) is 5.92 Å². The van der Waals surface area contributed by atoms with Gasteiger partial charge in [-0.3, -0.25) is 14.5 Å². The Morgan fingerprint density at radius 1 is 1.24 bits per heavy atom. The summed E-state index contributed by atoms with van der Waals surface area (Å²) in [6.45, 7) is 5.82. The molecule has 0 spiro atoms. The van der Waals surface area contributed by atoms with Gasteiger partial charge in [-0.25, -0.2) is 0 Å². The van der Waals surface area contributed by atoms with Crippen LogP contribution in [0.3, 0.4) is 0 Å². The number of aliphatic hydroxyl groups is 1. The third-order valence-electron chi connectivity index (χ3n) is 4.29. The zero-order chi connectivity index (χ0) is 18.1. The van der Waals surface area contributed by atoms with Crippen LogP contribution in [0.2, 0.25) is 0 Å². The Morgan fingerprint density at radius 2 is 1.96 bits per heavy atom. The molecular formula is C20H21NO3S. The molecule has 0 bridgehead atoms. The fourth-order valence-corrected chi connectivity index (χ4v) is 3.99. The van der Waals surface area contributed by atoms with Crippen molar-refractivity contribution in [2.45, 2.75) is 33.2 Å². The highest BCUT2D eigenvalue weighted by atomic mass is 32.1. The van der Waals surface area contributed by atoms with Crippen LogP contribution in [0.15, 0.2) is 53.1 Å². The van der Waals surface area contributed by atoms with E-state index in [1.54, 1.807) is 4.90 Å². The summed E-state index contributed by atoms with van der Waals surface area (Å²) in [5.41, 5.74) is 1.84. The number of anilines is 1. The third-order valence-corrected chi connectivity index (χ3v) is 5.21. The lowest BCUT2D eigenvalue weighted by atomic mass is 9.95. The molecule has 1 N–H and O–H groups in total. The summed E-state index contributed by atoms with van der Waals surface area (Å²) < 4.78 is 0. The number of ketones is 1. The number of aliphatic hydroxyl groups excluding tert-OH is 1. The van der Waals surface area contributed by atoms with Gasteiger partial charge in [0.25, 0.3) is 5.91 Å². The van der Waals surface area contributed by atoms with Gasteiger partial charge in [-0.05, 0) is 35.9 Å². The fraction of sp³-hybridized carbons (Fsp3) is 0.300. The van der Waals surface area contributed by atoms with E-state index in [0.29, 0.717) is 12.1 Å². The van der Waals surface area contributed by atoms with E-state index >= 15 is 0 Å². The maximum atomic E-state index is 12.8. The van der Waals surface area contributed by atoms with Crippen LogP contribution in [-0.4, -0.2) is 16.8 Å². The number of Topliss-reactive ketones (excluding diaryl/α,β-unsaturated/α-hetero) is 1. The van der Waals surface area contributed by atoms with Gasteiger partial charge in [0.05, 0.1) is 5.57 Å². The summed E-state index contributed by atoms with van der Waals surface area (Å²) in [6.07, 6.45) is 0.302. The lowest BCUT2D eigenvalue weighted by molar-refractivity contribution is -0.118. The molecule has 3 rings (SSSR count). The minimum Gasteiger partial charge on any atom is -0.503 e. The Bertz CT molecular complexity index is 836. The first-order chi connectivity index (χ1) is 11.9. The second-order valence-corrected chi connectivity index (χ2v) is 7.64.